The molecule has 10 heteroatoms. The summed E-state index contributed by atoms with van der Waals surface area (Å²) in [6.45, 7) is 0. The third kappa shape index (κ3) is 3.47. The van der Waals surface area contributed by atoms with Crippen LogP contribution >= 0.6 is 51.1 Å². The van der Waals surface area contributed by atoms with Gasteiger partial charge in [-0.1, -0.05) is 41.2 Å². The quantitative estimate of drug-likeness (QED) is 0.754. The lowest BCUT2D eigenvalue weighted by atomic mass is 10.2. The predicted octanol–water partition coefficient (Wildman–Crippen LogP) is 2.99. The van der Waals surface area contributed by atoms with E-state index >= 15 is 0 Å². The summed E-state index contributed by atoms with van der Waals surface area (Å²) < 4.78 is 27.6. The number of thiocarbonyl (C=S) groups is 1. The number of hydrogen-bond donors (Lipinski definition) is 2. The third-order valence-electron chi connectivity index (χ3n) is 2.20. The number of anilines is 1. The Morgan fingerprint density at radius 2 is 2.20 bits per heavy atom. The first-order chi connectivity index (χ1) is 9.29. The van der Waals surface area contributed by atoms with Crippen LogP contribution in [0.2, 0.25) is 5.02 Å². The number of rotatable bonds is 4. The van der Waals surface area contributed by atoms with E-state index in [9.17, 15) is 8.42 Å². The fourth-order valence-corrected chi connectivity index (χ4v) is 4.34. The summed E-state index contributed by atoms with van der Waals surface area (Å²) in [6.07, 6.45) is 1.50. The molecule has 1 aromatic carbocycles. The highest BCUT2D eigenvalue weighted by Crippen LogP contribution is 2.28. The Hall–Kier alpha value is -0.740. The smallest absolute Gasteiger partial charge is 0.265 e. The summed E-state index contributed by atoms with van der Waals surface area (Å²) in [6, 6.07) is 4.32. The molecule has 0 aliphatic heterocycles. The fraction of sp³-hybridized carbons (Fsp3) is 0. The summed E-state index contributed by atoms with van der Waals surface area (Å²) in [5.41, 5.74) is 5.91. The molecule has 0 aliphatic rings. The zero-order valence-electron chi connectivity index (χ0n) is 9.63. The molecule has 0 saturated heterocycles. The molecule has 5 nitrogen and oxygen atoms in total. The summed E-state index contributed by atoms with van der Waals surface area (Å²) in [5, 5.41) is 0.307. The van der Waals surface area contributed by atoms with E-state index in [1.54, 1.807) is 6.07 Å². The summed E-state index contributed by atoms with van der Waals surface area (Å²) in [7, 11) is -3.86. The highest BCUT2D eigenvalue weighted by molar-refractivity contribution is 9.11. The molecule has 0 spiro atoms. The van der Waals surface area contributed by atoms with Crippen LogP contribution in [0.5, 0.6) is 0 Å². The maximum atomic E-state index is 12.3. The number of benzene rings is 1. The van der Waals surface area contributed by atoms with Gasteiger partial charge < -0.3 is 5.73 Å². The molecule has 20 heavy (non-hydrogen) atoms. The number of nitrogens with two attached hydrogens (primary N) is 1. The average molecular weight is 413 g/mol. The normalized spacial score (nSPS) is 11.3. The van der Waals surface area contributed by atoms with Crippen LogP contribution in [0.15, 0.2) is 33.1 Å². The maximum absolute atomic E-state index is 12.3. The van der Waals surface area contributed by atoms with Crippen LogP contribution < -0.4 is 10.5 Å². The number of nitrogens with one attached hydrogen (secondary N) is 1. The van der Waals surface area contributed by atoms with Gasteiger partial charge in [0.05, 0.1) is 15.0 Å². The molecule has 2 rings (SSSR count). The van der Waals surface area contributed by atoms with E-state index in [0.29, 0.717) is 9.35 Å². The van der Waals surface area contributed by atoms with Crippen LogP contribution in [0, 0.1) is 0 Å². The molecule has 0 fully saturated rings. The van der Waals surface area contributed by atoms with E-state index in [2.05, 4.69) is 25.6 Å². The maximum Gasteiger partial charge on any atom is 0.265 e. The Labute approximate surface area is 138 Å². The van der Waals surface area contributed by atoms with Gasteiger partial charge in [-0.3, -0.25) is 4.72 Å². The second-order valence-electron chi connectivity index (χ2n) is 3.58. The Balaban J connectivity index is 2.43. The molecule has 0 radical (unpaired) electrons. The number of halogens is 2. The van der Waals surface area contributed by atoms with Gasteiger partial charge in [0.25, 0.3) is 10.0 Å². The third-order valence-corrected chi connectivity index (χ3v) is 5.78. The molecule has 1 heterocycles. The molecule has 0 saturated carbocycles. The highest BCUT2D eigenvalue weighted by Gasteiger charge is 2.20. The van der Waals surface area contributed by atoms with Crippen LogP contribution in [0.25, 0.3) is 0 Å². The molecule has 1 aromatic heterocycles. The summed E-state index contributed by atoms with van der Waals surface area (Å²) >= 11 is 15.1. The monoisotopic (exact) mass is 411 g/mol. The van der Waals surface area contributed by atoms with Gasteiger partial charge in [0.2, 0.25) is 0 Å². The lowest BCUT2D eigenvalue weighted by molar-refractivity contribution is 0.601. The summed E-state index contributed by atoms with van der Waals surface area (Å²) in [5.74, 6) is 0. The topological polar surface area (TPSA) is 85.1 Å². The van der Waals surface area contributed by atoms with Crippen molar-refractivity contribution in [3.8, 4) is 0 Å². The van der Waals surface area contributed by atoms with Crippen LogP contribution in [-0.2, 0) is 10.0 Å². The standard InChI is InChI=1S/C10H7BrClN3O2S3/c11-8-4-14-10(19-8)15-20(16,17)7-3-5(9(13)18)1-2-6(7)12/h1-4H,(H2,13,18)(H,14,15). The van der Waals surface area contributed by atoms with Crippen molar-refractivity contribution in [2.75, 3.05) is 4.72 Å². The minimum absolute atomic E-state index is 0.0770. The van der Waals surface area contributed by atoms with Gasteiger partial charge in [-0.05, 0) is 28.1 Å². The van der Waals surface area contributed by atoms with Crippen LogP contribution in [0.4, 0.5) is 5.13 Å². The van der Waals surface area contributed by atoms with Crippen LogP contribution in [-0.4, -0.2) is 18.4 Å². The Morgan fingerprint density at radius 3 is 2.75 bits per heavy atom. The van der Waals surface area contributed by atoms with Crippen molar-refractivity contribution < 1.29 is 8.42 Å². The molecular weight excluding hydrogens is 406 g/mol. The first kappa shape index (κ1) is 15.6. The van der Waals surface area contributed by atoms with Crippen molar-refractivity contribution in [2.24, 2.45) is 5.73 Å². The predicted molar refractivity (Wildman–Crippen MR) is 88.0 cm³/mol. The summed E-state index contributed by atoms with van der Waals surface area (Å²) in [4.78, 5) is 3.89. The number of sulfonamides is 1. The minimum Gasteiger partial charge on any atom is -0.389 e. The lowest BCUT2D eigenvalue weighted by Gasteiger charge is -2.08. The van der Waals surface area contributed by atoms with E-state index in [1.165, 1.54) is 18.3 Å². The van der Waals surface area contributed by atoms with Gasteiger partial charge in [-0.2, -0.15) is 0 Å². The minimum atomic E-state index is -3.86. The molecule has 0 aliphatic carbocycles. The van der Waals surface area contributed by atoms with Gasteiger partial charge in [0.1, 0.15) is 9.88 Å². The van der Waals surface area contributed by atoms with E-state index in [0.717, 1.165) is 11.3 Å². The van der Waals surface area contributed by atoms with Crippen molar-refractivity contribution in [1.82, 2.24) is 4.98 Å². The molecule has 3 N–H and O–H groups in total. The molecule has 0 unspecified atom stereocenters. The average Bonchev–Trinajstić information content (AvgIpc) is 2.73. The fourth-order valence-electron chi connectivity index (χ4n) is 1.33. The molecule has 106 valence electrons. The van der Waals surface area contributed by atoms with Crippen LogP contribution in [0.1, 0.15) is 5.56 Å². The van der Waals surface area contributed by atoms with Crippen molar-refractivity contribution in [2.45, 2.75) is 4.90 Å². The zero-order valence-corrected chi connectivity index (χ0v) is 14.4. The van der Waals surface area contributed by atoms with Gasteiger partial charge >= 0.3 is 0 Å². The van der Waals surface area contributed by atoms with Gasteiger partial charge in [-0.15, -0.1) is 0 Å². The number of nitrogens with zero attached hydrogens (tertiary/aromatic N) is 1. The molecular formula is C10H7BrClN3O2S3. The number of aromatic nitrogens is 1. The number of hydrogen-bond acceptors (Lipinski definition) is 5. The van der Waals surface area contributed by atoms with Crippen molar-refractivity contribution >= 4 is 71.2 Å². The van der Waals surface area contributed by atoms with Crippen LogP contribution in [0.3, 0.4) is 0 Å². The Bertz CT molecular complexity index is 776. The molecule has 2 aromatic rings. The Kier molecular flexibility index (Phi) is 4.65. The first-order valence-corrected chi connectivity index (χ1v) is 8.91. The zero-order chi connectivity index (χ0) is 14.9. The molecule has 0 amide bonds. The van der Waals surface area contributed by atoms with E-state index in [4.69, 9.17) is 29.6 Å². The van der Waals surface area contributed by atoms with Crippen molar-refractivity contribution in [1.29, 1.82) is 0 Å². The van der Waals surface area contributed by atoms with E-state index in [-0.39, 0.29) is 20.0 Å². The van der Waals surface area contributed by atoms with Gasteiger partial charge in [-0.25, -0.2) is 13.4 Å². The lowest BCUT2D eigenvalue weighted by Crippen LogP contribution is -2.15. The Morgan fingerprint density at radius 1 is 1.50 bits per heavy atom. The van der Waals surface area contributed by atoms with Gasteiger partial charge in [0.15, 0.2) is 5.13 Å². The van der Waals surface area contributed by atoms with Crippen molar-refractivity contribution in [3.63, 3.8) is 0 Å². The van der Waals surface area contributed by atoms with E-state index < -0.39 is 10.0 Å². The second-order valence-corrected chi connectivity index (χ2v) is 8.49. The van der Waals surface area contributed by atoms with Gasteiger partial charge in [0, 0.05) is 5.56 Å². The highest BCUT2D eigenvalue weighted by atomic mass is 79.9. The SMILES string of the molecule is NC(=S)c1ccc(Cl)c(S(=O)(=O)Nc2ncc(Br)s2)c1. The number of thiazole rings is 1. The van der Waals surface area contributed by atoms with E-state index in [1.807, 2.05) is 0 Å². The molecule has 0 bridgehead atoms. The van der Waals surface area contributed by atoms with Crippen molar-refractivity contribution in [3.05, 3.63) is 38.8 Å². The largest absolute Gasteiger partial charge is 0.389 e. The first-order valence-electron chi connectivity index (χ1n) is 5.03. The second kappa shape index (κ2) is 5.94. The molecule has 0 atom stereocenters.